The quantitative estimate of drug-likeness (QED) is 0.447. The molecule has 4 nitrogen and oxygen atoms in total. The predicted octanol–water partition coefficient (Wildman–Crippen LogP) is -0.172. The van der Waals surface area contributed by atoms with Crippen LogP contribution < -0.4 is 17.2 Å². The van der Waals surface area contributed by atoms with Crippen LogP contribution in [0.15, 0.2) is 12.3 Å². The molecule has 0 aromatic carbocycles. The number of rotatable bonds is 0. The summed E-state index contributed by atoms with van der Waals surface area (Å²) in [5, 5.41) is 0. The third-order valence-electron chi connectivity index (χ3n) is 0.971. The maximum Gasteiger partial charge on any atom is 0.146 e. The molecule has 0 aliphatic rings. The van der Waals surface area contributed by atoms with Gasteiger partial charge in [0.25, 0.3) is 0 Å². The maximum atomic E-state index is 5.35. The van der Waals surface area contributed by atoms with Gasteiger partial charge in [0.2, 0.25) is 0 Å². The van der Waals surface area contributed by atoms with Crippen LogP contribution in [-0.2, 0) is 0 Å². The van der Waals surface area contributed by atoms with E-state index in [1.807, 2.05) is 0 Å². The van der Waals surface area contributed by atoms with Gasteiger partial charge in [-0.25, -0.2) is 4.98 Å². The molecule has 1 rings (SSSR count). The number of aromatic nitrogens is 1. The molecule has 0 aliphatic carbocycles. The maximum absolute atomic E-state index is 5.35. The number of nitrogen functional groups attached to an aromatic ring is 3. The second-order valence-electron chi connectivity index (χ2n) is 1.74. The Kier molecular flexibility index (Phi) is 1.14. The van der Waals surface area contributed by atoms with Crippen LogP contribution in [0, 0.1) is 0 Å². The number of nitrogens with zero attached hydrogens (tertiary/aromatic N) is 1. The fraction of sp³-hybridized carbons (Fsp3) is 0. The van der Waals surface area contributed by atoms with Crippen LogP contribution in [0.4, 0.5) is 17.2 Å². The Morgan fingerprint density at radius 3 is 2.33 bits per heavy atom. The standard InChI is InChI=1S/C5H8N4/c6-3-1-4(7)5(8)9-2-3/h1-2H,6-7H2,(H2,8,9). The summed E-state index contributed by atoms with van der Waals surface area (Å²) in [6.07, 6.45) is 1.46. The summed E-state index contributed by atoms with van der Waals surface area (Å²) < 4.78 is 0. The van der Waals surface area contributed by atoms with Gasteiger partial charge >= 0.3 is 0 Å². The van der Waals surface area contributed by atoms with E-state index >= 15 is 0 Å². The van der Waals surface area contributed by atoms with E-state index in [1.54, 1.807) is 6.07 Å². The van der Waals surface area contributed by atoms with E-state index in [4.69, 9.17) is 17.2 Å². The Bertz CT molecular complexity index is 220. The molecule has 0 spiro atoms. The van der Waals surface area contributed by atoms with E-state index in [9.17, 15) is 0 Å². The van der Waals surface area contributed by atoms with Crippen molar-refractivity contribution in [2.24, 2.45) is 0 Å². The second kappa shape index (κ2) is 1.81. The van der Waals surface area contributed by atoms with Crippen molar-refractivity contribution in [2.45, 2.75) is 0 Å². The number of pyridine rings is 1. The Morgan fingerprint density at radius 2 is 1.89 bits per heavy atom. The summed E-state index contributed by atoms with van der Waals surface area (Å²) in [6.45, 7) is 0. The Morgan fingerprint density at radius 1 is 1.22 bits per heavy atom. The largest absolute Gasteiger partial charge is 0.397 e. The lowest BCUT2D eigenvalue weighted by molar-refractivity contribution is 1.34. The van der Waals surface area contributed by atoms with Crippen LogP contribution in [-0.4, -0.2) is 4.98 Å². The lowest BCUT2D eigenvalue weighted by Crippen LogP contribution is -1.98. The van der Waals surface area contributed by atoms with E-state index in [0.717, 1.165) is 0 Å². The van der Waals surface area contributed by atoms with Gasteiger partial charge in [0, 0.05) is 0 Å². The Labute approximate surface area is 52.7 Å². The molecule has 0 fully saturated rings. The Balaban J connectivity index is 3.17. The van der Waals surface area contributed by atoms with Crippen molar-refractivity contribution < 1.29 is 0 Å². The SMILES string of the molecule is Nc1cnc(N)c(N)c1. The molecule has 0 amide bonds. The van der Waals surface area contributed by atoms with Crippen LogP contribution in [0.25, 0.3) is 0 Å². The average molecular weight is 124 g/mol. The molecular weight excluding hydrogens is 116 g/mol. The van der Waals surface area contributed by atoms with E-state index in [2.05, 4.69) is 4.98 Å². The van der Waals surface area contributed by atoms with Crippen LogP contribution >= 0.6 is 0 Å². The molecule has 9 heavy (non-hydrogen) atoms. The molecule has 1 aromatic rings. The molecule has 0 unspecified atom stereocenters. The third kappa shape index (κ3) is 1.02. The van der Waals surface area contributed by atoms with Gasteiger partial charge in [-0.05, 0) is 6.07 Å². The van der Waals surface area contributed by atoms with Gasteiger partial charge in [-0.15, -0.1) is 0 Å². The number of nitrogens with two attached hydrogens (primary N) is 3. The molecule has 0 radical (unpaired) electrons. The van der Waals surface area contributed by atoms with Crippen LogP contribution in [0.1, 0.15) is 0 Å². The fourth-order valence-electron chi connectivity index (χ4n) is 0.509. The minimum atomic E-state index is 0.323. The smallest absolute Gasteiger partial charge is 0.146 e. The zero-order valence-corrected chi connectivity index (χ0v) is 4.83. The first kappa shape index (κ1) is 5.68. The third-order valence-corrected chi connectivity index (χ3v) is 0.971. The lowest BCUT2D eigenvalue weighted by Gasteiger charge is -1.97. The summed E-state index contributed by atoms with van der Waals surface area (Å²) in [6, 6.07) is 1.57. The zero-order valence-electron chi connectivity index (χ0n) is 4.83. The minimum absolute atomic E-state index is 0.323. The second-order valence-corrected chi connectivity index (χ2v) is 1.74. The summed E-state index contributed by atoms with van der Waals surface area (Å²) in [4.78, 5) is 3.71. The van der Waals surface area contributed by atoms with Gasteiger partial charge in [-0.3, -0.25) is 0 Å². The zero-order chi connectivity index (χ0) is 6.85. The molecule has 6 N–H and O–H groups in total. The van der Waals surface area contributed by atoms with Gasteiger partial charge in [-0.1, -0.05) is 0 Å². The molecule has 0 saturated heterocycles. The van der Waals surface area contributed by atoms with E-state index in [0.29, 0.717) is 17.2 Å². The van der Waals surface area contributed by atoms with Crippen molar-refractivity contribution in [3.05, 3.63) is 12.3 Å². The monoisotopic (exact) mass is 124 g/mol. The fourth-order valence-corrected chi connectivity index (χ4v) is 0.509. The van der Waals surface area contributed by atoms with Gasteiger partial charge in [0.05, 0.1) is 17.6 Å². The van der Waals surface area contributed by atoms with Crippen molar-refractivity contribution in [2.75, 3.05) is 17.2 Å². The van der Waals surface area contributed by atoms with Gasteiger partial charge < -0.3 is 17.2 Å². The molecule has 0 saturated carbocycles. The number of anilines is 3. The molecule has 4 heteroatoms. The molecule has 1 aromatic heterocycles. The normalized spacial score (nSPS) is 9.33. The summed E-state index contributed by atoms with van der Waals surface area (Å²) >= 11 is 0. The highest BCUT2D eigenvalue weighted by Gasteiger charge is 1.92. The minimum Gasteiger partial charge on any atom is -0.397 e. The summed E-state index contributed by atoms with van der Waals surface area (Å²) in [5.41, 5.74) is 16.9. The van der Waals surface area contributed by atoms with Crippen molar-refractivity contribution in [1.82, 2.24) is 4.98 Å². The van der Waals surface area contributed by atoms with Crippen LogP contribution in [0.5, 0.6) is 0 Å². The molecular formula is C5H8N4. The number of hydrogen-bond donors (Lipinski definition) is 3. The van der Waals surface area contributed by atoms with E-state index in [1.165, 1.54) is 6.20 Å². The predicted molar refractivity (Wildman–Crippen MR) is 37.5 cm³/mol. The van der Waals surface area contributed by atoms with Gasteiger partial charge in [0.1, 0.15) is 5.82 Å². The average Bonchev–Trinajstić information content (AvgIpc) is 1.80. The first-order valence-electron chi connectivity index (χ1n) is 2.46. The molecule has 0 aliphatic heterocycles. The van der Waals surface area contributed by atoms with Gasteiger partial charge in [0.15, 0.2) is 0 Å². The van der Waals surface area contributed by atoms with Crippen molar-refractivity contribution in [3.63, 3.8) is 0 Å². The van der Waals surface area contributed by atoms with Crippen molar-refractivity contribution >= 4 is 17.2 Å². The molecule has 0 bridgehead atoms. The van der Waals surface area contributed by atoms with E-state index in [-0.39, 0.29) is 0 Å². The molecule has 48 valence electrons. The lowest BCUT2D eigenvalue weighted by atomic mass is 10.4. The van der Waals surface area contributed by atoms with E-state index < -0.39 is 0 Å². The Hall–Kier alpha value is -1.45. The first-order valence-corrected chi connectivity index (χ1v) is 2.46. The first-order chi connectivity index (χ1) is 4.20. The highest BCUT2D eigenvalue weighted by Crippen LogP contribution is 2.12. The topological polar surface area (TPSA) is 90.9 Å². The molecule has 1 heterocycles. The van der Waals surface area contributed by atoms with Crippen molar-refractivity contribution in [3.8, 4) is 0 Å². The van der Waals surface area contributed by atoms with Crippen molar-refractivity contribution in [1.29, 1.82) is 0 Å². The van der Waals surface area contributed by atoms with Crippen LogP contribution in [0.3, 0.4) is 0 Å². The highest BCUT2D eigenvalue weighted by atomic mass is 14.9. The highest BCUT2D eigenvalue weighted by molar-refractivity contribution is 5.62. The summed E-state index contributed by atoms with van der Waals surface area (Å²) in [7, 11) is 0. The van der Waals surface area contributed by atoms with Gasteiger partial charge in [-0.2, -0.15) is 0 Å². The number of hydrogen-bond acceptors (Lipinski definition) is 4. The molecule has 0 atom stereocenters. The van der Waals surface area contributed by atoms with Crippen LogP contribution in [0.2, 0.25) is 0 Å². The summed E-state index contributed by atoms with van der Waals surface area (Å²) in [5.74, 6) is 0.323.